The van der Waals surface area contributed by atoms with Crippen molar-refractivity contribution in [2.75, 3.05) is 28.4 Å². The van der Waals surface area contributed by atoms with Gasteiger partial charge in [0, 0.05) is 32.9 Å². The molecule has 2 heterocycles. The van der Waals surface area contributed by atoms with E-state index < -0.39 is 11.2 Å². The molecule has 0 aliphatic carbocycles. The van der Waals surface area contributed by atoms with Crippen molar-refractivity contribution in [1.82, 2.24) is 9.13 Å². The molecule has 10 heteroatoms. The van der Waals surface area contributed by atoms with Gasteiger partial charge >= 0.3 is 41.5 Å². The van der Waals surface area contributed by atoms with Crippen LogP contribution in [0.15, 0.2) is 303 Å². The van der Waals surface area contributed by atoms with E-state index in [1.807, 2.05) is 12.1 Å². The van der Waals surface area contributed by atoms with Crippen LogP contribution in [0.4, 0.5) is 0 Å². The number of fused-ring (bicyclic) bond motifs is 18. The van der Waals surface area contributed by atoms with Crippen molar-refractivity contribution in [3.8, 4) is 78.9 Å². The summed E-state index contributed by atoms with van der Waals surface area (Å²) in [6.07, 6.45) is 0. The molecule has 18 aromatic rings. The van der Waals surface area contributed by atoms with E-state index in [0.29, 0.717) is 0 Å². The maximum absolute atomic E-state index is 5.67. The van der Waals surface area contributed by atoms with E-state index in [9.17, 15) is 0 Å². The van der Waals surface area contributed by atoms with E-state index >= 15 is 0 Å². The van der Waals surface area contributed by atoms with Gasteiger partial charge in [0.15, 0.2) is 0 Å². The summed E-state index contributed by atoms with van der Waals surface area (Å²) in [5.41, 5.74) is 16.2. The first-order chi connectivity index (χ1) is 48.2. The van der Waals surface area contributed by atoms with E-state index in [1.54, 1.807) is 28.4 Å². The Labute approximate surface area is 584 Å². The number of ether oxygens (including phenoxy) is 4. The van der Waals surface area contributed by atoms with E-state index in [-0.39, 0.29) is 0 Å². The van der Waals surface area contributed by atoms with Gasteiger partial charge in [0.05, 0.1) is 50.5 Å². The summed E-state index contributed by atoms with van der Waals surface area (Å²) >= 11 is -1.33. The Morgan fingerprint density at radius 1 is 0.214 bits per heavy atom. The van der Waals surface area contributed by atoms with Gasteiger partial charge in [-0.1, -0.05) is 194 Å². The fraction of sp³-hybridized carbons (Fsp3) is 0.0455. The quantitative estimate of drug-likeness (QED) is 0.101. The summed E-state index contributed by atoms with van der Waals surface area (Å²) in [7, 11) is 21.6. The molecule has 18 rings (SSSR count). The number of para-hydroxylation sites is 2. The zero-order valence-corrected chi connectivity index (χ0v) is 57.3. The number of aromatic nitrogens is 2. The molecule has 0 unspecified atom stereocenters. The van der Waals surface area contributed by atoms with Crippen LogP contribution in [0.2, 0.25) is 0 Å². The van der Waals surface area contributed by atoms with Crippen LogP contribution in [-0.4, -0.2) is 37.6 Å². The molecule has 0 spiro atoms. The molecule has 0 fully saturated rings. The Kier molecular flexibility index (Phi) is 16.7. The van der Waals surface area contributed by atoms with Crippen molar-refractivity contribution >= 4 is 139 Å². The van der Waals surface area contributed by atoms with Crippen molar-refractivity contribution < 1.29 is 30.1 Å². The molecule has 0 bridgehead atoms. The van der Waals surface area contributed by atoms with Crippen LogP contribution >= 0.6 is 30.3 Å². The summed E-state index contributed by atoms with van der Waals surface area (Å²) in [6, 6.07) is 109. The van der Waals surface area contributed by atoms with Crippen molar-refractivity contribution in [3.63, 3.8) is 0 Å². The molecular weight excluding hydrogens is 1310 g/mol. The number of benzene rings is 16. The minimum absolute atomic E-state index is 0.841. The Morgan fingerprint density at radius 2 is 0.490 bits per heavy atom. The van der Waals surface area contributed by atoms with Gasteiger partial charge < -0.3 is 28.1 Å². The average molecular weight is 1370 g/mol. The Balaban J connectivity index is 0.000000145. The Hall–Kier alpha value is -10.7. The van der Waals surface area contributed by atoms with E-state index in [2.05, 4.69) is 300 Å². The van der Waals surface area contributed by atoms with Crippen LogP contribution in [0.5, 0.6) is 23.0 Å². The van der Waals surface area contributed by atoms with Crippen molar-refractivity contribution in [3.05, 3.63) is 303 Å². The molecule has 0 radical (unpaired) electrons. The molecule has 0 aliphatic rings. The maximum atomic E-state index is 5.67. The van der Waals surface area contributed by atoms with Crippen LogP contribution in [-0.2, 0) is 11.2 Å². The fourth-order valence-corrected chi connectivity index (χ4v) is 14.7. The summed E-state index contributed by atoms with van der Waals surface area (Å²) in [4.78, 5) is 0. The number of rotatable bonds is 10. The third kappa shape index (κ3) is 11.1. The normalized spacial score (nSPS) is 11.6. The van der Waals surface area contributed by atoms with Gasteiger partial charge in [0.25, 0.3) is 0 Å². The Bertz CT molecular complexity index is 5770. The minimum atomic E-state index is -1.33. The zero-order chi connectivity index (χ0) is 66.5. The summed E-state index contributed by atoms with van der Waals surface area (Å²) < 4.78 is 27.5. The van der Waals surface area contributed by atoms with Crippen LogP contribution in [0, 0.1) is 0 Å². The monoisotopic (exact) mass is 1370 g/mol. The van der Waals surface area contributed by atoms with Gasteiger partial charge in [0.1, 0.15) is 23.0 Å². The first kappa shape index (κ1) is 62.1. The summed E-state index contributed by atoms with van der Waals surface area (Å²) in [5.74, 6) is 3.41. The van der Waals surface area contributed by atoms with E-state index in [4.69, 9.17) is 49.2 Å². The van der Waals surface area contributed by atoms with Gasteiger partial charge in [-0.3, -0.25) is 0 Å². The van der Waals surface area contributed by atoms with Crippen LogP contribution < -0.4 is 18.9 Å². The fourth-order valence-electron chi connectivity index (χ4n) is 14.7. The molecule has 0 saturated carbocycles. The zero-order valence-electron chi connectivity index (χ0n) is 53.9. The molecule has 0 saturated heterocycles. The van der Waals surface area contributed by atoms with Gasteiger partial charge in [-0.2, -0.15) is 0 Å². The average Bonchev–Trinajstić information content (AvgIpc) is 1.48. The number of nitrogens with zero attached hydrogens (tertiary/aromatic N) is 2. The van der Waals surface area contributed by atoms with Crippen LogP contribution in [0.3, 0.4) is 0 Å². The van der Waals surface area contributed by atoms with Gasteiger partial charge in [-0.25, -0.2) is 0 Å². The second kappa shape index (κ2) is 26.4. The third-order valence-electron chi connectivity index (χ3n) is 19.1. The standard InChI is InChI=1S/C44H29NO2.C44H33NO2.3ClH.Fe/c1-46-27-16-18-33-35(20-27)29-12-6-8-14-31(29)37-22-41-42-23-38-32-15-9-7-13-30(32)36-21-28(47-2)17-19-34(36)40(38)25-44(42)45(43(41)24-39(33)37)26-10-4-3-5-11-26;1-46-35-20-24-37(41(28-35)30-12-6-3-7-13-30)32-18-22-39-40-23-19-33(27-44(40)45(43(39)26-32)34-16-10-5-11-17-34)38-25-21-36(47-2)29-42(38)31-14-8-4-9-15-31;;;;/h3-25H,1-2H3;3-29H,1-2H3;3*1H;/q;;;;;+3/p-3. The van der Waals surface area contributed by atoms with Gasteiger partial charge in [-0.05, 0) is 218 Å². The number of hydrogen-bond acceptors (Lipinski definition) is 4. The predicted molar refractivity (Wildman–Crippen MR) is 412 cm³/mol. The predicted octanol–water partition coefficient (Wildman–Crippen LogP) is 25.3. The molecular formula is C88H62Cl3FeN2O4. The summed E-state index contributed by atoms with van der Waals surface area (Å²) in [5, 5.41) is 19.7. The molecule has 2 aromatic heterocycles. The Morgan fingerprint density at radius 3 is 0.847 bits per heavy atom. The summed E-state index contributed by atoms with van der Waals surface area (Å²) in [6.45, 7) is 0. The molecule has 0 N–H and O–H groups in total. The number of halogens is 3. The molecule has 6 nitrogen and oxygen atoms in total. The van der Waals surface area contributed by atoms with Crippen LogP contribution in [0.1, 0.15) is 0 Å². The van der Waals surface area contributed by atoms with Crippen molar-refractivity contribution in [2.24, 2.45) is 0 Å². The third-order valence-corrected chi connectivity index (χ3v) is 19.1. The van der Waals surface area contributed by atoms with Crippen molar-refractivity contribution in [2.45, 2.75) is 0 Å². The van der Waals surface area contributed by atoms with E-state index in [1.165, 1.54) is 97.2 Å². The number of methoxy groups -OCH3 is 4. The molecule has 477 valence electrons. The molecule has 16 aromatic carbocycles. The second-order valence-corrected chi connectivity index (χ2v) is 29.7. The van der Waals surface area contributed by atoms with Crippen LogP contribution in [0.25, 0.3) is 164 Å². The molecule has 0 amide bonds. The van der Waals surface area contributed by atoms with Gasteiger partial charge in [-0.15, -0.1) is 0 Å². The van der Waals surface area contributed by atoms with E-state index in [0.717, 1.165) is 89.9 Å². The van der Waals surface area contributed by atoms with Crippen molar-refractivity contribution in [1.29, 1.82) is 0 Å². The molecule has 0 atom stereocenters. The molecule has 98 heavy (non-hydrogen) atoms. The number of hydrogen-bond donors (Lipinski definition) is 0. The second-order valence-electron chi connectivity index (χ2n) is 24.3. The van der Waals surface area contributed by atoms with Gasteiger partial charge in [0.2, 0.25) is 0 Å². The molecule has 0 aliphatic heterocycles. The first-order valence-electron chi connectivity index (χ1n) is 32.2. The topological polar surface area (TPSA) is 46.8 Å². The first-order valence-corrected chi connectivity index (χ1v) is 36.8. The SMILES string of the molecule is COc1ccc(-c2ccc3c4ccc(-c5ccc(OC)cc5-c5ccccc5)cc4n(-c4ccccc4)c3c2)c(-c2ccccc2)c1.COc1ccc2c(c1)c1ccccc1c1cc3c4cc5c6ccccc6c6cc(OC)ccc6c5cc4n(-c4ccccc4)c3cc21.[Cl][Fe]([Cl])[Cl].